The van der Waals surface area contributed by atoms with Gasteiger partial charge in [0.15, 0.2) is 0 Å². The van der Waals surface area contributed by atoms with E-state index in [9.17, 15) is 9.59 Å². The zero-order chi connectivity index (χ0) is 16.4. The molecule has 2 aliphatic heterocycles. The van der Waals surface area contributed by atoms with Crippen LogP contribution in [-0.4, -0.2) is 82.0 Å². The van der Waals surface area contributed by atoms with Crippen molar-refractivity contribution in [3.8, 4) is 0 Å². The number of likely N-dealkylation sites (N-methyl/N-ethyl adjacent to an activating group) is 1. The van der Waals surface area contributed by atoms with Crippen LogP contribution in [0.5, 0.6) is 0 Å². The van der Waals surface area contributed by atoms with Gasteiger partial charge in [0.05, 0.1) is 6.54 Å². The third kappa shape index (κ3) is 3.47. The number of nitrogens with zero attached hydrogens (tertiary/aromatic N) is 5. The number of urea groups is 1. The highest BCUT2D eigenvalue weighted by Crippen LogP contribution is 2.11. The number of imidazole rings is 1. The van der Waals surface area contributed by atoms with Crippen LogP contribution in [0.25, 0.3) is 0 Å². The molecule has 3 rings (SSSR count). The molecule has 0 aromatic carbocycles. The molecule has 23 heavy (non-hydrogen) atoms. The smallest absolute Gasteiger partial charge is 0.318 e. The Kier molecular flexibility index (Phi) is 4.51. The Hall–Kier alpha value is -2.09. The molecule has 8 nitrogen and oxygen atoms in total. The van der Waals surface area contributed by atoms with E-state index in [0.717, 1.165) is 25.5 Å². The van der Waals surface area contributed by atoms with Crippen molar-refractivity contribution in [2.75, 3.05) is 39.8 Å². The molecular weight excluding hydrogens is 296 g/mol. The Labute approximate surface area is 136 Å². The summed E-state index contributed by atoms with van der Waals surface area (Å²) in [4.78, 5) is 34.2. The lowest BCUT2D eigenvalue weighted by Gasteiger charge is -2.34. The van der Waals surface area contributed by atoms with Gasteiger partial charge in [0.25, 0.3) is 0 Å². The molecule has 0 radical (unpaired) electrons. The average Bonchev–Trinajstić information content (AvgIpc) is 3.08. The van der Waals surface area contributed by atoms with Crippen LogP contribution >= 0.6 is 0 Å². The molecular formula is C15H24N6O2. The summed E-state index contributed by atoms with van der Waals surface area (Å²) in [5, 5.41) is 2.86. The first-order chi connectivity index (χ1) is 11.0. The molecule has 1 N–H and O–H groups in total. The number of nitrogens with one attached hydrogen (secondary N) is 1. The molecule has 0 aliphatic carbocycles. The normalized spacial score (nSPS) is 22.7. The highest BCUT2D eigenvalue weighted by molar-refractivity contribution is 5.88. The van der Waals surface area contributed by atoms with E-state index in [4.69, 9.17) is 0 Å². The average molecular weight is 320 g/mol. The van der Waals surface area contributed by atoms with Gasteiger partial charge in [0.2, 0.25) is 5.91 Å². The molecule has 126 valence electrons. The molecule has 3 heterocycles. The van der Waals surface area contributed by atoms with E-state index in [1.54, 1.807) is 23.0 Å². The fourth-order valence-corrected chi connectivity index (χ4v) is 3.05. The molecule has 3 amide bonds. The molecule has 2 saturated heterocycles. The van der Waals surface area contributed by atoms with Crippen molar-refractivity contribution in [3.63, 3.8) is 0 Å². The highest BCUT2D eigenvalue weighted by atomic mass is 16.2. The van der Waals surface area contributed by atoms with Gasteiger partial charge in [0, 0.05) is 59.2 Å². The van der Waals surface area contributed by atoms with Gasteiger partial charge in [-0.15, -0.1) is 0 Å². The summed E-state index contributed by atoms with van der Waals surface area (Å²) < 4.78 is 2.02. The number of hydrogen-bond acceptors (Lipinski definition) is 4. The van der Waals surface area contributed by atoms with Crippen LogP contribution in [0.2, 0.25) is 0 Å². The number of carbonyl (C=O) groups is 2. The summed E-state index contributed by atoms with van der Waals surface area (Å²) >= 11 is 0. The summed E-state index contributed by atoms with van der Waals surface area (Å²) in [5.74, 6) is 1.04. The van der Waals surface area contributed by atoms with Crippen molar-refractivity contribution < 1.29 is 9.59 Å². The first-order valence-corrected chi connectivity index (χ1v) is 8.03. The Morgan fingerprint density at radius 2 is 2.00 bits per heavy atom. The second-order valence-electron chi connectivity index (χ2n) is 6.27. The zero-order valence-electron chi connectivity index (χ0n) is 13.7. The van der Waals surface area contributed by atoms with E-state index in [1.807, 2.05) is 17.8 Å². The second-order valence-corrected chi connectivity index (χ2v) is 6.27. The number of hydrogen-bond donors (Lipinski definition) is 1. The van der Waals surface area contributed by atoms with Crippen molar-refractivity contribution >= 4 is 11.9 Å². The van der Waals surface area contributed by atoms with E-state index >= 15 is 0 Å². The van der Waals surface area contributed by atoms with E-state index < -0.39 is 0 Å². The number of amides is 3. The van der Waals surface area contributed by atoms with Crippen molar-refractivity contribution in [2.45, 2.75) is 19.0 Å². The number of aryl methyl sites for hydroxylation is 1. The van der Waals surface area contributed by atoms with Gasteiger partial charge in [0.1, 0.15) is 11.9 Å². The molecule has 0 bridgehead atoms. The van der Waals surface area contributed by atoms with Crippen molar-refractivity contribution in [3.05, 3.63) is 18.2 Å². The molecule has 2 aliphatic rings. The van der Waals surface area contributed by atoms with E-state index in [1.165, 1.54) is 0 Å². The number of carbonyl (C=O) groups excluding carboxylic acids is 2. The minimum absolute atomic E-state index is 0.00627. The maximum atomic E-state index is 12.3. The number of aromatic nitrogens is 2. The van der Waals surface area contributed by atoms with Gasteiger partial charge in [-0.1, -0.05) is 0 Å². The van der Waals surface area contributed by atoms with E-state index in [-0.39, 0.29) is 18.0 Å². The first-order valence-electron chi connectivity index (χ1n) is 8.03. The molecule has 1 unspecified atom stereocenters. The van der Waals surface area contributed by atoms with Gasteiger partial charge in [-0.2, -0.15) is 0 Å². The highest BCUT2D eigenvalue weighted by Gasteiger charge is 2.32. The van der Waals surface area contributed by atoms with Gasteiger partial charge in [-0.3, -0.25) is 9.69 Å². The number of piperazine rings is 1. The predicted molar refractivity (Wildman–Crippen MR) is 84.6 cm³/mol. The fraction of sp³-hybridized carbons (Fsp3) is 0.667. The monoisotopic (exact) mass is 320 g/mol. The Morgan fingerprint density at radius 1 is 1.26 bits per heavy atom. The van der Waals surface area contributed by atoms with E-state index in [0.29, 0.717) is 26.1 Å². The van der Waals surface area contributed by atoms with Crippen LogP contribution in [0.1, 0.15) is 12.2 Å². The second kappa shape index (κ2) is 6.57. The zero-order valence-corrected chi connectivity index (χ0v) is 13.7. The Bertz CT molecular complexity index is 578. The van der Waals surface area contributed by atoms with Gasteiger partial charge in [-0.05, 0) is 6.42 Å². The summed E-state index contributed by atoms with van der Waals surface area (Å²) in [6, 6.07) is -0.492. The standard InChI is InChI=1S/C15H24N6O2/c1-18-6-4-16-13(18)11-20-7-9-21(10-8-20)15(23)17-12-3-5-19(2)14(12)22/h4,6,12H,3,5,7-11H2,1-2H3,(H,17,23). The van der Waals surface area contributed by atoms with Crippen LogP contribution in [-0.2, 0) is 18.4 Å². The van der Waals surface area contributed by atoms with Gasteiger partial charge in [-0.25, -0.2) is 9.78 Å². The fourth-order valence-electron chi connectivity index (χ4n) is 3.05. The summed E-state index contributed by atoms with van der Waals surface area (Å²) in [6.45, 7) is 4.49. The largest absolute Gasteiger partial charge is 0.344 e. The maximum absolute atomic E-state index is 12.3. The lowest BCUT2D eigenvalue weighted by Crippen LogP contribution is -2.54. The van der Waals surface area contributed by atoms with Crippen LogP contribution in [0.15, 0.2) is 12.4 Å². The molecule has 1 atom stereocenters. The van der Waals surface area contributed by atoms with Crippen LogP contribution in [0.4, 0.5) is 4.79 Å². The van der Waals surface area contributed by atoms with Crippen molar-refractivity contribution in [1.82, 2.24) is 29.6 Å². The third-order valence-electron chi connectivity index (χ3n) is 4.67. The number of rotatable bonds is 3. The Morgan fingerprint density at radius 3 is 2.57 bits per heavy atom. The Balaban J connectivity index is 1.46. The topological polar surface area (TPSA) is 73.7 Å². The molecule has 2 fully saturated rings. The van der Waals surface area contributed by atoms with Crippen molar-refractivity contribution in [2.24, 2.45) is 7.05 Å². The summed E-state index contributed by atoms with van der Waals surface area (Å²) in [6.07, 6.45) is 4.43. The maximum Gasteiger partial charge on any atom is 0.318 e. The van der Waals surface area contributed by atoms with Gasteiger partial charge < -0.3 is 19.7 Å². The predicted octanol–water partition coefficient (Wildman–Crippen LogP) is -0.522. The third-order valence-corrected chi connectivity index (χ3v) is 4.67. The molecule has 1 aromatic heterocycles. The van der Waals surface area contributed by atoms with Crippen LogP contribution in [0, 0.1) is 0 Å². The minimum atomic E-state index is -0.363. The van der Waals surface area contributed by atoms with Crippen LogP contribution in [0.3, 0.4) is 0 Å². The van der Waals surface area contributed by atoms with E-state index in [2.05, 4.69) is 15.2 Å². The molecule has 0 saturated carbocycles. The number of likely N-dealkylation sites (tertiary alicyclic amines) is 1. The first kappa shape index (κ1) is 15.8. The molecule has 1 aromatic rings. The lowest BCUT2D eigenvalue weighted by molar-refractivity contribution is -0.128. The summed E-state index contributed by atoms with van der Waals surface area (Å²) in [5.41, 5.74) is 0. The van der Waals surface area contributed by atoms with Crippen molar-refractivity contribution in [1.29, 1.82) is 0 Å². The van der Waals surface area contributed by atoms with Crippen LogP contribution < -0.4 is 5.32 Å². The molecule has 0 spiro atoms. The SMILES string of the molecule is CN1CCC(NC(=O)N2CCN(Cc3nccn3C)CC2)C1=O. The lowest BCUT2D eigenvalue weighted by atomic mass is 10.2. The molecule has 8 heteroatoms. The van der Waals surface area contributed by atoms with Gasteiger partial charge >= 0.3 is 6.03 Å². The minimum Gasteiger partial charge on any atom is -0.344 e. The quantitative estimate of drug-likeness (QED) is 0.813. The summed E-state index contributed by atoms with van der Waals surface area (Å²) in [7, 11) is 3.76.